The van der Waals surface area contributed by atoms with Crippen molar-refractivity contribution < 1.29 is 9.18 Å². The molecule has 1 N–H and O–H groups in total. The average molecular weight is 487 g/mol. The molecule has 1 heterocycles. The molecule has 2 amide bonds. The van der Waals surface area contributed by atoms with Gasteiger partial charge < -0.3 is 10.2 Å². The zero-order chi connectivity index (χ0) is 25.7. The number of para-hydroxylation sites is 2. The summed E-state index contributed by atoms with van der Waals surface area (Å²) in [6.45, 7) is 6.73. The minimum absolute atomic E-state index is 0.110. The highest BCUT2D eigenvalue weighted by molar-refractivity contribution is 5.89. The second-order valence-electron chi connectivity index (χ2n) is 9.24. The molecule has 1 atom stereocenters. The van der Waals surface area contributed by atoms with Crippen molar-refractivity contribution in [3.63, 3.8) is 0 Å². The van der Waals surface area contributed by atoms with Crippen LogP contribution in [0.15, 0.2) is 83.7 Å². The third-order valence-electron chi connectivity index (χ3n) is 6.07. The fraction of sp³-hybridized carbons (Fsp3) is 0.276. The molecule has 3 aromatic carbocycles. The zero-order valence-electron chi connectivity index (χ0n) is 20.8. The summed E-state index contributed by atoms with van der Waals surface area (Å²) in [5, 5.41) is 3.24. The Labute approximate surface area is 210 Å². The number of aromatic nitrogens is 2. The number of fused-ring (bicyclic) bond motifs is 1. The fourth-order valence-electron chi connectivity index (χ4n) is 4.40. The maximum absolute atomic E-state index is 14.3. The Morgan fingerprint density at radius 3 is 2.36 bits per heavy atom. The summed E-state index contributed by atoms with van der Waals surface area (Å²) in [6, 6.07) is 22.1. The molecule has 0 spiro atoms. The van der Waals surface area contributed by atoms with Gasteiger partial charge in [-0.1, -0.05) is 75.4 Å². The monoisotopic (exact) mass is 486 g/mol. The van der Waals surface area contributed by atoms with Gasteiger partial charge in [-0.3, -0.25) is 9.36 Å². The van der Waals surface area contributed by atoms with Crippen molar-refractivity contribution in [2.75, 3.05) is 11.9 Å². The Morgan fingerprint density at radius 1 is 1.00 bits per heavy atom. The lowest BCUT2D eigenvalue weighted by atomic mass is 10.1. The zero-order valence-corrected chi connectivity index (χ0v) is 20.8. The van der Waals surface area contributed by atoms with Crippen LogP contribution in [0.3, 0.4) is 0 Å². The largest absolute Gasteiger partial charge is 0.322 e. The fourth-order valence-corrected chi connectivity index (χ4v) is 4.40. The number of urea groups is 1. The molecule has 7 heteroatoms. The predicted molar refractivity (Wildman–Crippen MR) is 142 cm³/mol. The summed E-state index contributed by atoms with van der Waals surface area (Å²) in [5.41, 5.74) is 1.49. The number of hydrogen-bond donors (Lipinski definition) is 1. The van der Waals surface area contributed by atoms with E-state index >= 15 is 0 Å². The van der Waals surface area contributed by atoms with Crippen LogP contribution in [-0.2, 0) is 6.54 Å². The molecule has 1 aromatic heterocycles. The van der Waals surface area contributed by atoms with Gasteiger partial charge in [0.2, 0.25) is 0 Å². The molecule has 36 heavy (non-hydrogen) atoms. The van der Waals surface area contributed by atoms with Gasteiger partial charge >= 0.3 is 6.03 Å². The first-order valence-electron chi connectivity index (χ1n) is 12.2. The smallest absolute Gasteiger partial charge is 0.314 e. The maximum Gasteiger partial charge on any atom is 0.322 e. The van der Waals surface area contributed by atoms with Crippen LogP contribution in [0.25, 0.3) is 10.9 Å². The second-order valence-corrected chi connectivity index (χ2v) is 9.24. The Hall–Kier alpha value is -4.00. The first kappa shape index (κ1) is 25.1. The summed E-state index contributed by atoms with van der Waals surface area (Å²) >= 11 is 0. The summed E-state index contributed by atoms with van der Waals surface area (Å²) < 4.78 is 16.0. The number of nitrogens with zero attached hydrogens (tertiary/aromatic N) is 3. The molecule has 6 nitrogen and oxygen atoms in total. The predicted octanol–water partition coefficient (Wildman–Crippen LogP) is 6.23. The molecule has 0 saturated carbocycles. The Bertz CT molecular complexity index is 1400. The van der Waals surface area contributed by atoms with E-state index in [1.165, 1.54) is 12.1 Å². The van der Waals surface area contributed by atoms with Crippen LogP contribution in [0.1, 0.15) is 44.6 Å². The standard InChI is InChI=1S/C29H31FN4O2/c1-4-26(33(18-20(2)3)29(36)32-25-17-11-9-15-23(25)30)27-31-24-16-10-8-14-22(24)28(35)34(27)19-21-12-6-5-7-13-21/h5-17,20,26H,4,18-19H2,1-3H3,(H,32,36). The highest BCUT2D eigenvalue weighted by Crippen LogP contribution is 2.27. The third kappa shape index (κ3) is 5.46. The minimum atomic E-state index is -0.506. The number of amides is 2. The molecular weight excluding hydrogens is 455 g/mol. The van der Waals surface area contributed by atoms with Gasteiger partial charge in [0.25, 0.3) is 5.56 Å². The molecule has 0 radical (unpaired) electrons. The molecule has 186 valence electrons. The number of rotatable bonds is 8. The van der Waals surface area contributed by atoms with E-state index in [9.17, 15) is 14.0 Å². The lowest BCUT2D eigenvalue weighted by molar-refractivity contribution is 0.170. The van der Waals surface area contributed by atoms with Crippen molar-refractivity contribution in [2.45, 2.75) is 39.8 Å². The quantitative estimate of drug-likeness (QED) is 0.321. The highest BCUT2D eigenvalue weighted by atomic mass is 19.1. The Kier molecular flexibility index (Phi) is 7.78. The molecule has 4 rings (SSSR count). The molecule has 0 aliphatic heterocycles. The Morgan fingerprint density at radius 2 is 1.67 bits per heavy atom. The van der Waals surface area contributed by atoms with E-state index in [1.807, 2.05) is 69.3 Å². The van der Waals surface area contributed by atoms with E-state index in [-0.39, 0.29) is 17.2 Å². The van der Waals surface area contributed by atoms with Gasteiger partial charge in [-0.15, -0.1) is 0 Å². The van der Waals surface area contributed by atoms with Gasteiger partial charge in [0, 0.05) is 6.54 Å². The van der Waals surface area contributed by atoms with Crippen molar-refractivity contribution in [3.8, 4) is 0 Å². The van der Waals surface area contributed by atoms with E-state index in [0.717, 1.165) is 5.56 Å². The number of benzene rings is 3. The topological polar surface area (TPSA) is 67.2 Å². The van der Waals surface area contributed by atoms with Crippen LogP contribution in [0.2, 0.25) is 0 Å². The maximum atomic E-state index is 14.3. The van der Waals surface area contributed by atoms with Crippen LogP contribution < -0.4 is 10.9 Å². The van der Waals surface area contributed by atoms with Gasteiger partial charge in [0.1, 0.15) is 11.6 Å². The molecule has 0 aliphatic carbocycles. The first-order valence-corrected chi connectivity index (χ1v) is 12.2. The first-order chi connectivity index (χ1) is 17.4. The van der Waals surface area contributed by atoms with Gasteiger partial charge in [-0.05, 0) is 42.2 Å². The van der Waals surface area contributed by atoms with Crippen molar-refractivity contribution in [1.82, 2.24) is 14.5 Å². The van der Waals surface area contributed by atoms with E-state index in [0.29, 0.717) is 36.2 Å². The van der Waals surface area contributed by atoms with Crippen molar-refractivity contribution in [2.24, 2.45) is 5.92 Å². The van der Waals surface area contributed by atoms with Crippen molar-refractivity contribution >= 4 is 22.6 Å². The molecule has 0 saturated heterocycles. The summed E-state index contributed by atoms with van der Waals surface area (Å²) in [6.07, 6.45) is 0.525. The van der Waals surface area contributed by atoms with E-state index in [4.69, 9.17) is 4.98 Å². The third-order valence-corrected chi connectivity index (χ3v) is 6.07. The van der Waals surface area contributed by atoms with Crippen molar-refractivity contribution in [3.05, 3.63) is 106 Å². The molecule has 1 unspecified atom stereocenters. The minimum Gasteiger partial charge on any atom is -0.314 e. The molecule has 0 fully saturated rings. The lowest BCUT2D eigenvalue weighted by Gasteiger charge is -2.33. The van der Waals surface area contributed by atoms with E-state index < -0.39 is 17.9 Å². The Balaban J connectivity index is 1.83. The van der Waals surface area contributed by atoms with Gasteiger partial charge in [-0.25, -0.2) is 14.2 Å². The van der Waals surface area contributed by atoms with Crippen molar-refractivity contribution in [1.29, 1.82) is 0 Å². The van der Waals surface area contributed by atoms with Crippen LogP contribution in [0.5, 0.6) is 0 Å². The SMILES string of the molecule is CCC(c1nc2ccccc2c(=O)n1Cc1ccccc1)N(CC(C)C)C(=O)Nc1ccccc1F. The lowest BCUT2D eigenvalue weighted by Crippen LogP contribution is -2.43. The van der Waals surface area contributed by atoms with E-state index in [2.05, 4.69) is 5.32 Å². The molecular formula is C29H31FN4O2. The molecule has 4 aromatic rings. The van der Waals surface area contributed by atoms with Gasteiger partial charge in [0.05, 0.1) is 29.2 Å². The number of anilines is 1. The number of carbonyl (C=O) groups is 1. The summed E-state index contributed by atoms with van der Waals surface area (Å²) in [4.78, 5) is 33.8. The average Bonchev–Trinajstić information content (AvgIpc) is 2.87. The van der Waals surface area contributed by atoms with Crippen LogP contribution in [-0.4, -0.2) is 27.0 Å². The summed E-state index contributed by atoms with van der Waals surface area (Å²) in [7, 11) is 0. The normalized spacial score (nSPS) is 12.0. The molecule has 0 bridgehead atoms. The van der Waals surface area contributed by atoms with E-state index in [1.54, 1.807) is 27.7 Å². The summed E-state index contributed by atoms with van der Waals surface area (Å²) in [5.74, 6) is 0.141. The highest BCUT2D eigenvalue weighted by Gasteiger charge is 2.29. The number of hydrogen-bond acceptors (Lipinski definition) is 3. The van der Waals surface area contributed by atoms with Crippen LogP contribution in [0, 0.1) is 11.7 Å². The van der Waals surface area contributed by atoms with Gasteiger partial charge in [0.15, 0.2) is 0 Å². The van der Waals surface area contributed by atoms with Crippen LogP contribution in [0.4, 0.5) is 14.9 Å². The number of halogens is 1. The van der Waals surface area contributed by atoms with Crippen LogP contribution >= 0.6 is 0 Å². The number of nitrogens with one attached hydrogen (secondary N) is 1. The van der Waals surface area contributed by atoms with Gasteiger partial charge in [-0.2, -0.15) is 0 Å². The second kappa shape index (κ2) is 11.2. The number of carbonyl (C=O) groups excluding carboxylic acids is 1. The molecule has 0 aliphatic rings.